The van der Waals surface area contributed by atoms with Gasteiger partial charge in [0.2, 0.25) is 0 Å². The van der Waals surface area contributed by atoms with E-state index in [-0.39, 0.29) is 6.61 Å². The number of aliphatic hydroxyl groups excluding tert-OH is 1. The Kier molecular flexibility index (Phi) is 5.29. The highest BCUT2D eigenvalue weighted by molar-refractivity contribution is 5.45. The molecule has 0 bridgehead atoms. The Balaban J connectivity index is 2.53. The Morgan fingerprint density at radius 1 is 1.38 bits per heavy atom. The van der Waals surface area contributed by atoms with Crippen molar-refractivity contribution in [3.63, 3.8) is 0 Å². The van der Waals surface area contributed by atoms with Crippen LogP contribution in [0.25, 0.3) is 0 Å². The molecule has 1 rings (SSSR count). The molecule has 1 aromatic rings. The lowest BCUT2D eigenvalue weighted by Gasteiger charge is -2.20. The van der Waals surface area contributed by atoms with Crippen LogP contribution < -0.4 is 11.1 Å². The van der Waals surface area contributed by atoms with Crippen molar-refractivity contribution in [3.05, 3.63) is 29.8 Å². The summed E-state index contributed by atoms with van der Waals surface area (Å²) >= 11 is 0. The van der Waals surface area contributed by atoms with Crippen molar-refractivity contribution in [3.8, 4) is 0 Å². The molecular weight excluding hydrogens is 200 g/mol. The minimum atomic E-state index is 0.0834. The second kappa shape index (κ2) is 6.51. The van der Waals surface area contributed by atoms with Crippen LogP contribution in [0.5, 0.6) is 0 Å². The maximum atomic E-state index is 9.03. The molecule has 0 saturated carbocycles. The molecule has 0 aliphatic carbocycles. The third kappa shape index (κ3) is 3.83. The van der Waals surface area contributed by atoms with Crippen LogP contribution in [0.15, 0.2) is 24.3 Å². The van der Waals surface area contributed by atoms with Crippen LogP contribution in [0.4, 0.5) is 5.69 Å². The van der Waals surface area contributed by atoms with Gasteiger partial charge in [-0.25, -0.2) is 0 Å². The van der Waals surface area contributed by atoms with E-state index in [1.807, 2.05) is 24.3 Å². The Morgan fingerprint density at radius 3 is 2.69 bits per heavy atom. The third-order valence-electron chi connectivity index (χ3n) is 2.92. The number of anilines is 1. The Labute approximate surface area is 97.7 Å². The zero-order valence-corrected chi connectivity index (χ0v) is 10.1. The minimum Gasteiger partial charge on any atom is -0.392 e. The smallest absolute Gasteiger partial charge is 0.0682 e. The van der Waals surface area contributed by atoms with Gasteiger partial charge in [0.25, 0.3) is 0 Å². The van der Waals surface area contributed by atoms with Crippen molar-refractivity contribution in [1.29, 1.82) is 0 Å². The van der Waals surface area contributed by atoms with Crippen molar-refractivity contribution >= 4 is 5.69 Å². The molecule has 0 saturated heterocycles. The molecule has 0 fully saturated rings. The SMILES string of the molecule is CC(C)C(CN)CNc1cccc(CO)c1. The van der Waals surface area contributed by atoms with E-state index in [0.29, 0.717) is 18.4 Å². The summed E-state index contributed by atoms with van der Waals surface area (Å²) in [6.07, 6.45) is 0. The Bertz CT molecular complexity index is 313. The summed E-state index contributed by atoms with van der Waals surface area (Å²) in [6.45, 7) is 6.03. The molecule has 1 unspecified atom stereocenters. The van der Waals surface area contributed by atoms with Crippen LogP contribution in [0.1, 0.15) is 19.4 Å². The molecule has 0 aliphatic heterocycles. The van der Waals surface area contributed by atoms with E-state index in [2.05, 4.69) is 19.2 Å². The second-order valence-corrected chi connectivity index (χ2v) is 4.48. The van der Waals surface area contributed by atoms with Crippen molar-refractivity contribution in [2.45, 2.75) is 20.5 Å². The van der Waals surface area contributed by atoms with Gasteiger partial charge in [0.15, 0.2) is 0 Å². The fourth-order valence-corrected chi connectivity index (χ4v) is 1.62. The van der Waals surface area contributed by atoms with Gasteiger partial charge >= 0.3 is 0 Å². The van der Waals surface area contributed by atoms with E-state index < -0.39 is 0 Å². The molecule has 0 radical (unpaired) electrons. The highest BCUT2D eigenvalue weighted by Gasteiger charge is 2.10. The average molecular weight is 222 g/mol. The first-order chi connectivity index (χ1) is 7.67. The van der Waals surface area contributed by atoms with E-state index in [1.165, 1.54) is 0 Å². The standard InChI is InChI=1S/C13H22N2O/c1-10(2)12(7-14)8-15-13-5-3-4-11(6-13)9-16/h3-6,10,12,15-16H,7-9,14H2,1-2H3. The van der Waals surface area contributed by atoms with Gasteiger partial charge in [-0.3, -0.25) is 0 Å². The first-order valence-corrected chi connectivity index (χ1v) is 5.81. The zero-order chi connectivity index (χ0) is 12.0. The van der Waals surface area contributed by atoms with E-state index in [9.17, 15) is 0 Å². The predicted octanol–water partition coefficient (Wildman–Crippen LogP) is 1.82. The van der Waals surface area contributed by atoms with Gasteiger partial charge in [0, 0.05) is 12.2 Å². The molecule has 4 N–H and O–H groups in total. The fourth-order valence-electron chi connectivity index (χ4n) is 1.62. The van der Waals surface area contributed by atoms with Gasteiger partial charge in [0.1, 0.15) is 0 Å². The minimum absolute atomic E-state index is 0.0834. The molecule has 90 valence electrons. The molecule has 0 heterocycles. The molecule has 16 heavy (non-hydrogen) atoms. The lowest BCUT2D eigenvalue weighted by molar-refractivity contribution is 0.282. The monoisotopic (exact) mass is 222 g/mol. The largest absolute Gasteiger partial charge is 0.392 e. The van der Waals surface area contributed by atoms with Gasteiger partial charge in [0.05, 0.1) is 6.61 Å². The summed E-state index contributed by atoms with van der Waals surface area (Å²) in [6, 6.07) is 7.83. The number of rotatable bonds is 6. The number of hydrogen-bond donors (Lipinski definition) is 3. The molecule has 0 amide bonds. The van der Waals surface area contributed by atoms with E-state index in [4.69, 9.17) is 10.8 Å². The number of nitrogens with one attached hydrogen (secondary N) is 1. The van der Waals surface area contributed by atoms with Crippen molar-refractivity contribution in [2.75, 3.05) is 18.4 Å². The Morgan fingerprint density at radius 2 is 2.12 bits per heavy atom. The second-order valence-electron chi connectivity index (χ2n) is 4.48. The summed E-state index contributed by atoms with van der Waals surface area (Å²) < 4.78 is 0. The summed E-state index contributed by atoms with van der Waals surface area (Å²) in [7, 11) is 0. The normalized spacial score (nSPS) is 12.8. The average Bonchev–Trinajstić information content (AvgIpc) is 2.29. The molecular formula is C13H22N2O. The highest BCUT2D eigenvalue weighted by atomic mass is 16.3. The van der Waals surface area contributed by atoms with Crippen LogP contribution in [-0.4, -0.2) is 18.2 Å². The Hall–Kier alpha value is -1.06. The first-order valence-electron chi connectivity index (χ1n) is 5.81. The van der Waals surface area contributed by atoms with Crippen molar-refractivity contribution in [1.82, 2.24) is 0 Å². The molecule has 1 atom stereocenters. The summed E-state index contributed by atoms with van der Waals surface area (Å²) in [4.78, 5) is 0. The van der Waals surface area contributed by atoms with Crippen LogP contribution >= 0.6 is 0 Å². The van der Waals surface area contributed by atoms with E-state index in [0.717, 1.165) is 17.8 Å². The summed E-state index contributed by atoms with van der Waals surface area (Å²) in [5.74, 6) is 1.07. The van der Waals surface area contributed by atoms with Crippen LogP contribution in [0, 0.1) is 11.8 Å². The third-order valence-corrected chi connectivity index (χ3v) is 2.92. The molecule has 3 heteroatoms. The van der Waals surface area contributed by atoms with Gasteiger partial charge in [-0.1, -0.05) is 26.0 Å². The zero-order valence-electron chi connectivity index (χ0n) is 10.1. The lowest BCUT2D eigenvalue weighted by atomic mass is 9.96. The molecule has 0 aromatic heterocycles. The number of aliphatic hydroxyl groups is 1. The van der Waals surface area contributed by atoms with Gasteiger partial charge in [-0.2, -0.15) is 0 Å². The number of hydrogen-bond acceptors (Lipinski definition) is 3. The summed E-state index contributed by atoms with van der Waals surface area (Å²) in [5, 5.41) is 12.4. The van der Waals surface area contributed by atoms with E-state index >= 15 is 0 Å². The summed E-state index contributed by atoms with van der Waals surface area (Å²) in [5.41, 5.74) is 7.69. The number of benzene rings is 1. The van der Waals surface area contributed by atoms with Crippen LogP contribution in [0.3, 0.4) is 0 Å². The topological polar surface area (TPSA) is 58.3 Å². The molecule has 0 spiro atoms. The molecule has 3 nitrogen and oxygen atoms in total. The lowest BCUT2D eigenvalue weighted by Crippen LogP contribution is -2.27. The van der Waals surface area contributed by atoms with Crippen molar-refractivity contribution < 1.29 is 5.11 Å². The van der Waals surface area contributed by atoms with Gasteiger partial charge in [-0.15, -0.1) is 0 Å². The molecule has 1 aromatic carbocycles. The van der Waals surface area contributed by atoms with E-state index in [1.54, 1.807) is 0 Å². The highest BCUT2D eigenvalue weighted by Crippen LogP contribution is 2.14. The van der Waals surface area contributed by atoms with Gasteiger partial charge < -0.3 is 16.2 Å². The molecule has 0 aliphatic rings. The van der Waals surface area contributed by atoms with Gasteiger partial charge in [-0.05, 0) is 36.1 Å². The maximum Gasteiger partial charge on any atom is 0.0682 e. The fraction of sp³-hybridized carbons (Fsp3) is 0.538. The quantitative estimate of drug-likeness (QED) is 0.688. The first kappa shape index (κ1) is 13.0. The van der Waals surface area contributed by atoms with Crippen molar-refractivity contribution in [2.24, 2.45) is 17.6 Å². The van der Waals surface area contributed by atoms with Crippen LogP contribution in [0.2, 0.25) is 0 Å². The van der Waals surface area contributed by atoms with Crippen LogP contribution in [-0.2, 0) is 6.61 Å². The predicted molar refractivity (Wildman–Crippen MR) is 68.2 cm³/mol. The maximum absolute atomic E-state index is 9.03. The number of nitrogens with two attached hydrogens (primary N) is 1.